The van der Waals surface area contributed by atoms with E-state index < -0.39 is 5.63 Å². The van der Waals surface area contributed by atoms with Gasteiger partial charge in [-0.3, -0.25) is 0 Å². The van der Waals surface area contributed by atoms with Gasteiger partial charge in [0.25, 0.3) is 0 Å². The van der Waals surface area contributed by atoms with Crippen LogP contribution in [0.15, 0.2) is 63.8 Å². The Labute approximate surface area is 155 Å². The Morgan fingerprint density at radius 2 is 1.81 bits per heavy atom. The highest BCUT2D eigenvalue weighted by Gasteiger charge is 2.18. The zero-order valence-electron chi connectivity index (χ0n) is 13.1. The van der Waals surface area contributed by atoms with Crippen LogP contribution in [-0.4, -0.2) is 19.8 Å². The average molecular weight is 381 g/mol. The number of nitrogens with zero attached hydrogens (tertiary/aromatic N) is 4. The summed E-state index contributed by atoms with van der Waals surface area (Å²) in [5.41, 5.74) is 1.22. The number of benzene rings is 2. The predicted octanol–water partition coefficient (Wildman–Crippen LogP) is 4.28. The van der Waals surface area contributed by atoms with Gasteiger partial charge in [0, 0.05) is 10.9 Å². The summed E-state index contributed by atoms with van der Waals surface area (Å²) >= 11 is 7.53. The summed E-state index contributed by atoms with van der Waals surface area (Å²) in [5, 5.41) is 14.7. The highest BCUT2D eigenvalue weighted by molar-refractivity contribution is 7.19. The molecule has 0 spiro atoms. The van der Waals surface area contributed by atoms with Gasteiger partial charge in [-0.15, -0.1) is 10.2 Å². The van der Waals surface area contributed by atoms with Crippen LogP contribution in [0.1, 0.15) is 0 Å². The lowest BCUT2D eigenvalue weighted by Crippen LogP contribution is -2.03. The third-order valence-corrected chi connectivity index (χ3v) is 5.24. The zero-order chi connectivity index (χ0) is 17.7. The summed E-state index contributed by atoms with van der Waals surface area (Å²) in [7, 11) is 0. The molecule has 0 amide bonds. The molecule has 2 aromatic carbocycles. The Morgan fingerprint density at radius 3 is 2.69 bits per heavy atom. The SMILES string of the molecule is O=c1oc2ccccc2cc1-c1nn2c(-c3ccccc3Cl)nnc2s1. The van der Waals surface area contributed by atoms with Crippen molar-refractivity contribution < 1.29 is 4.42 Å². The number of aromatic nitrogens is 4. The Morgan fingerprint density at radius 1 is 1.00 bits per heavy atom. The van der Waals surface area contributed by atoms with Crippen LogP contribution in [0.4, 0.5) is 0 Å². The highest BCUT2D eigenvalue weighted by Crippen LogP contribution is 2.30. The van der Waals surface area contributed by atoms with Crippen LogP contribution in [-0.2, 0) is 0 Å². The van der Waals surface area contributed by atoms with Gasteiger partial charge in [-0.05, 0) is 24.3 Å². The van der Waals surface area contributed by atoms with E-state index >= 15 is 0 Å². The van der Waals surface area contributed by atoms with E-state index in [9.17, 15) is 4.79 Å². The van der Waals surface area contributed by atoms with Crippen molar-refractivity contribution in [3.8, 4) is 22.0 Å². The molecule has 126 valence electrons. The van der Waals surface area contributed by atoms with Crippen LogP contribution < -0.4 is 5.63 Å². The molecule has 8 heteroatoms. The van der Waals surface area contributed by atoms with Crippen molar-refractivity contribution in [2.24, 2.45) is 0 Å². The maximum absolute atomic E-state index is 12.4. The van der Waals surface area contributed by atoms with Crippen molar-refractivity contribution in [3.05, 3.63) is 70.0 Å². The molecule has 0 saturated heterocycles. The minimum atomic E-state index is -0.437. The van der Waals surface area contributed by atoms with Crippen molar-refractivity contribution in [1.82, 2.24) is 19.8 Å². The molecule has 0 unspecified atom stereocenters. The second kappa shape index (κ2) is 5.76. The van der Waals surface area contributed by atoms with E-state index in [0.717, 1.165) is 10.9 Å². The standard InChI is InChI=1S/C18H9ClN4O2S/c19-13-7-3-2-6-11(13)15-20-21-18-23(15)22-16(26-18)12-9-10-5-1-4-8-14(10)25-17(12)24/h1-9H. The lowest BCUT2D eigenvalue weighted by molar-refractivity contribution is 0.563. The minimum Gasteiger partial charge on any atom is -0.422 e. The van der Waals surface area contributed by atoms with Crippen LogP contribution in [0.25, 0.3) is 37.9 Å². The molecule has 5 rings (SSSR count). The Kier molecular flexibility index (Phi) is 3.37. The molecule has 5 aromatic rings. The molecule has 0 bridgehead atoms. The van der Waals surface area contributed by atoms with Gasteiger partial charge in [-0.25, -0.2) is 4.79 Å². The molecule has 0 aliphatic carbocycles. The molecular weight excluding hydrogens is 372 g/mol. The first-order valence-electron chi connectivity index (χ1n) is 7.71. The molecule has 0 aliphatic heterocycles. The summed E-state index contributed by atoms with van der Waals surface area (Å²) in [4.78, 5) is 12.9. The second-order valence-electron chi connectivity index (χ2n) is 5.59. The van der Waals surface area contributed by atoms with E-state index in [1.807, 2.05) is 36.4 Å². The number of halogens is 1. The van der Waals surface area contributed by atoms with Crippen LogP contribution >= 0.6 is 22.9 Å². The lowest BCUT2D eigenvalue weighted by atomic mass is 10.2. The van der Waals surface area contributed by atoms with Gasteiger partial charge in [0.1, 0.15) is 5.58 Å². The fraction of sp³-hybridized carbons (Fsp3) is 0. The van der Waals surface area contributed by atoms with Crippen molar-refractivity contribution in [2.45, 2.75) is 0 Å². The third-order valence-electron chi connectivity index (χ3n) is 3.98. The van der Waals surface area contributed by atoms with E-state index in [0.29, 0.717) is 32.0 Å². The molecule has 0 N–H and O–H groups in total. The first-order valence-corrected chi connectivity index (χ1v) is 8.90. The molecule has 26 heavy (non-hydrogen) atoms. The zero-order valence-corrected chi connectivity index (χ0v) is 14.7. The van der Waals surface area contributed by atoms with Gasteiger partial charge >= 0.3 is 5.63 Å². The van der Waals surface area contributed by atoms with E-state index in [1.54, 1.807) is 22.7 Å². The van der Waals surface area contributed by atoms with Crippen LogP contribution in [0.5, 0.6) is 0 Å². The molecule has 3 aromatic heterocycles. The molecule has 0 atom stereocenters. The number of para-hydroxylation sites is 1. The van der Waals surface area contributed by atoms with E-state index in [1.165, 1.54) is 11.3 Å². The quantitative estimate of drug-likeness (QED) is 0.427. The number of hydrogen-bond acceptors (Lipinski definition) is 6. The Hall–Kier alpha value is -3.03. The maximum atomic E-state index is 12.4. The van der Waals surface area contributed by atoms with Gasteiger partial charge in [-0.1, -0.05) is 53.3 Å². The normalized spacial score (nSPS) is 11.4. The number of hydrogen-bond donors (Lipinski definition) is 0. The summed E-state index contributed by atoms with van der Waals surface area (Å²) in [6.45, 7) is 0. The second-order valence-corrected chi connectivity index (χ2v) is 6.95. The van der Waals surface area contributed by atoms with E-state index in [4.69, 9.17) is 16.0 Å². The van der Waals surface area contributed by atoms with Crippen LogP contribution in [0.2, 0.25) is 5.02 Å². The monoisotopic (exact) mass is 380 g/mol. The predicted molar refractivity (Wildman–Crippen MR) is 101 cm³/mol. The molecular formula is C18H9ClN4O2S. The molecule has 0 fully saturated rings. The van der Waals surface area contributed by atoms with Crippen molar-refractivity contribution >= 4 is 38.9 Å². The molecule has 0 radical (unpaired) electrons. The molecule has 0 aliphatic rings. The molecule has 0 saturated carbocycles. The third kappa shape index (κ3) is 2.33. The van der Waals surface area contributed by atoms with Gasteiger partial charge in [0.05, 0.1) is 10.6 Å². The highest BCUT2D eigenvalue weighted by atomic mass is 35.5. The van der Waals surface area contributed by atoms with Crippen LogP contribution in [0, 0.1) is 0 Å². The lowest BCUT2D eigenvalue weighted by Gasteiger charge is -2.00. The summed E-state index contributed by atoms with van der Waals surface area (Å²) < 4.78 is 6.99. The Bertz CT molecular complexity index is 1340. The summed E-state index contributed by atoms with van der Waals surface area (Å²) in [6, 6.07) is 16.5. The van der Waals surface area contributed by atoms with Gasteiger partial charge in [-0.2, -0.15) is 9.61 Å². The summed E-state index contributed by atoms with van der Waals surface area (Å²) in [5.74, 6) is 0.526. The maximum Gasteiger partial charge on any atom is 0.346 e. The fourth-order valence-corrected chi connectivity index (χ4v) is 3.81. The first kappa shape index (κ1) is 15.2. The van der Waals surface area contributed by atoms with E-state index in [-0.39, 0.29) is 0 Å². The van der Waals surface area contributed by atoms with Crippen LogP contribution in [0.3, 0.4) is 0 Å². The first-order chi connectivity index (χ1) is 12.7. The molecule has 3 heterocycles. The summed E-state index contributed by atoms with van der Waals surface area (Å²) in [6.07, 6.45) is 0. The smallest absolute Gasteiger partial charge is 0.346 e. The van der Waals surface area contributed by atoms with Crippen molar-refractivity contribution in [2.75, 3.05) is 0 Å². The number of rotatable bonds is 2. The largest absolute Gasteiger partial charge is 0.422 e. The van der Waals surface area contributed by atoms with Crippen molar-refractivity contribution in [3.63, 3.8) is 0 Å². The van der Waals surface area contributed by atoms with Crippen molar-refractivity contribution in [1.29, 1.82) is 0 Å². The van der Waals surface area contributed by atoms with E-state index in [2.05, 4.69) is 15.3 Å². The molecule has 6 nitrogen and oxygen atoms in total. The fourth-order valence-electron chi connectivity index (χ4n) is 2.75. The minimum absolute atomic E-state index is 0.393. The van der Waals surface area contributed by atoms with Gasteiger partial charge < -0.3 is 4.42 Å². The van der Waals surface area contributed by atoms with Gasteiger partial charge in [0.2, 0.25) is 4.96 Å². The average Bonchev–Trinajstić information content (AvgIpc) is 3.22. The van der Waals surface area contributed by atoms with Gasteiger partial charge in [0.15, 0.2) is 10.8 Å². The number of fused-ring (bicyclic) bond motifs is 2. The Balaban J connectivity index is 1.71. The topological polar surface area (TPSA) is 73.3 Å².